The zero-order valence-corrected chi connectivity index (χ0v) is 18.6. The Kier molecular flexibility index (Phi) is 6.47. The maximum absolute atomic E-state index is 12.8. The van der Waals surface area contributed by atoms with Gasteiger partial charge < -0.3 is 9.47 Å². The lowest BCUT2D eigenvalue weighted by Gasteiger charge is -2.14. The average Bonchev–Trinajstić information content (AvgIpc) is 2.73. The maximum Gasteiger partial charge on any atom is 0.291 e. The second-order valence-electron chi connectivity index (χ2n) is 5.81. The summed E-state index contributed by atoms with van der Waals surface area (Å²) in [5.74, 6) is 0.489. The molecule has 0 saturated carbocycles. The van der Waals surface area contributed by atoms with Crippen LogP contribution in [0.1, 0.15) is 0 Å². The maximum atomic E-state index is 12.8. The summed E-state index contributed by atoms with van der Waals surface area (Å²) < 4.78 is 39.3. The second kappa shape index (κ2) is 8.73. The standard InChI is InChI=1S/C18H14Cl3N3O5S/c1-28-15-8-14(16(29-2)7-12(15)19)23-30(26,27)11-5-3-10(4-6-11)24-18(25)17(21)13(20)9-22-24/h3-9,23H,1-2H3. The van der Waals surface area contributed by atoms with Crippen LogP contribution >= 0.6 is 34.8 Å². The molecule has 0 spiro atoms. The summed E-state index contributed by atoms with van der Waals surface area (Å²) in [6, 6.07) is 8.29. The molecule has 3 aromatic rings. The third-order valence-corrected chi connectivity index (χ3v) is 6.41. The summed E-state index contributed by atoms with van der Waals surface area (Å²) in [4.78, 5) is 12.1. The van der Waals surface area contributed by atoms with E-state index in [2.05, 4.69) is 9.82 Å². The number of aromatic nitrogens is 2. The summed E-state index contributed by atoms with van der Waals surface area (Å²) in [7, 11) is -1.20. The van der Waals surface area contributed by atoms with Gasteiger partial charge in [0.25, 0.3) is 15.6 Å². The zero-order valence-electron chi connectivity index (χ0n) is 15.5. The minimum absolute atomic E-state index is 0.0219. The molecule has 1 heterocycles. The molecule has 2 aromatic carbocycles. The van der Waals surface area contributed by atoms with Gasteiger partial charge in [-0.1, -0.05) is 34.8 Å². The van der Waals surface area contributed by atoms with Gasteiger partial charge in [-0.25, -0.2) is 8.42 Å². The number of methoxy groups -OCH3 is 2. The van der Waals surface area contributed by atoms with Crippen molar-refractivity contribution in [1.29, 1.82) is 0 Å². The van der Waals surface area contributed by atoms with Crippen molar-refractivity contribution >= 4 is 50.5 Å². The Labute approximate surface area is 187 Å². The van der Waals surface area contributed by atoms with E-state index in [0.29, 0.717) is 5.69 Å². The van der Waals surface area contributed by atoms with Crippen LogP contribution in [0.4, 0.5) is 5.69 Å². The first-order valence-corrected chi connectivity index (χ1v) is 10.8. The van der Waals surface area contributed by atoms with Crippen LogP contribution in [-0.2, 0) is 10.0 Å². The van der Waals surface area contributed by atoms with E-state index in [1.165, 1.54) is 56.8 Å². The molecule has 0 fully saturated rings. The molecule has 0 aliphatic heterocycles. The molecule has 0 unspecified atom stereocenters. The summed E-state index contributed by atoms with van der Waals surface area (Å²) in [5.41, 5.74) is -0.177. The van der Waals surface area contributed by atoms with Crippen LogP contribution in [0.2, 0.25) is 15.1 Å². The lowest BCUT2D eigenvalue weighted by molar-refractivity contribution is 0.405. The largest absolute Gasteiger partial charge is 0.495 e. The summed E-state index contributed by atoms with van der Waals surface area (Å²) in [5, 5.41) is 4.00. The minimum Gasteiger partial charge on any atom is -0.495 e. The smallest absolute Gasteiger partial charge is 0.291 e. The molecule has 8 nitrogen and oxygen atoms in total. The van der Waals surface area contributed by atoms with E-state index < -0.39 is 15.6 Å². The number of hydrogen-bond donors (Lipinski definition) is 1. The minimum atomic E-state index is -3.99. The molecular formula is C18H14Cl3N3O5S. The molecule has 0 aliphatic carbocycles. The number of rotatable bonds is 6. The molecule has 0 atom stereocenters. The quantitative estimate of drug-likeness (QED) is 0.560. The summed E-state index contributed by atoms with van der Waals surface area (Å²) in [6.45, 7) is 0. The topological polar surface area (TPSA) is 99.5 Å². The normalized spacial score (nSPS) is 11.2. The van der Waals surface area contributed by atoms with Crippen LogP contribution in [0.25, 0.3) is 5.69 Å². The molecule has 1 aromatic heterocycles. The van der Waals surface area contributed by atoms with Gasteiger partial charge in [-0.3, -0.25) is 9.52 Å². The third-order valence-electron chi connectivity index (χ3n) is 3.99. The Morgan fingerprint density at radius 1 is 0.967 bits per heavy atom. The number of anilines is 1. The van der Waals surface area contributed by atoms with Gasteiger partial charge in [0.1, 0.15) is 16.5 Å². The van der Waals surface area contributed by atoms with Gasteiger partial charge in [0, 0.05) is 12.1 Å². The molecule has 158 valence electrons. The highest BCUT2D eigenvalue weighted by molar-refractivity contribution is 7.92. The summed E-state index contributed by atoms with van der Waals surface area (Å²) >= 11 is 17.7. The van der Waals surface area contributed by atoms with E-state index in [0.717, 1.165) is 4.68 Å². The number of hydrogen-bond acceptors (Lipinski definition) is 6. The number of ether oxygens (including phenoxy) is 2. The Balaban J connectivity index is 1.95. The monoisotopic (exact) mass is 489 g/mol. The fourth-order valence-electron chi connectivity index (χ4n) is 2.51. The van der Waals surface area contributed by atoms with E-state index in [1.807, 2.05) is 0 Å². The Hall–Kier alpha value is -2.46. The van der Waals surface area contributed by atoms with Gasteiger partial charge in [0.15, 0.2) is 0 Å². The Morgan fingerprint density at radius 2 is 1.60 bits per heavy atom. The lowest BCUT2D eigenvalue weighted by atomic mass is 10.3. The Bertz CT molecular complexity index is 1260. The SMILES string of the molecule is COc1cc(NS(=O)(=O)c2ccc(-n3ncc(Cl)c(Cl)c3=O)cc2)c(OC)cc1Cl. The Morgan fingerprint density at radius 3 is 2.20 bits per heavy atom. The van der Waals surface area contributed by atoms with Gasteiger partial charge in [0.2, 0.25) is 0 Å². The zero-order chi connectivity index (χ0) is 22.1. The van der Waals surface area contributed by atoms with Crippen LogP contribution in [0.3, 0.4) is 0 Å². The highest BCUT2D eigenvalue weighted by atomic mass is 35.5. The molecule has 3 rings (SSSR count). The van der Waals surface area contributed by atoms with E-state index in [4.69, 9.17) is 44.3 Å². The van der Waals surface area contributed by atoms with Crippen molar-refractivity contribution < 1.29 is 17.9 Å². The van der Waals surface area contributed by atoms with Crippen molar-refractivity contribution in [1.82, 2.24) is 9.78 Å². The van der Waals surface area contributed by atoms with Crippen LogP contribution < -0.4 is 19.8 Å². The molecule has 12 heteroatoms. The van der Waals surface area contributed by atoms with E-state index >= 15 is 0 Å². The summed E-state index contributed by atoms with van der Waals surface area (Å²) in [6.07, 6.45) is 1.22. The first-order valence-electron chi connectivity index (χ1n) is 8.16. The van der Waals surface area contributed by atoms with E-state index in [9.17, 15) is 13.2 Å². The van der Waals surface area contributed by atoms with Crippen molar-refractivity contribution in [2.75, 3.05) is 18.9 Å². The van der Waals surface area contributed by atoms with Gasteiger partial charge in [0.05, 0.1) is 46.7 Å². The van der Waals surface area contributed by atoms with Crippen molar-refractivity contribution in [3.8, 4) is 17.2 Å². The molecule has 1 N–H and O–H groups in total. The highest BCUT2D eigenvalue weighted by Gasteiger charge is 2.19. The number of halogens is 3. The van der Waals surface area contributed by atoms with Gasteiger partial charge >= 0.3 is 0 Å². The molecule has 0 amide bonds. The average molecular weight is 491 g/mol. The van der Waals surface area contributed by atoms with Crippen LogP contribution in [0.15, 0.2) is 52.3 Å². The fourth-order valence-corrected chi connectivity index (χ4v) is 4.05. The van der Waals surface area contributed by atoms with Crippen LogP contribution in [0.5, 0.6) is 11.5 Å². The van der Waals surface area contributed by atoms with Crippen molar-refractivity contribution in [3.63, 3.8) is 0 Å². The first-order chi connectivity index (χ1) is 14.2. The fraction of sp³-hybridized carbons (Fsp3) is 0.111. The molecule has 0 saturated heterocycles. The van der Waals surface area contributed by atoms with E-state index in [-0.39, 0.29) is 37.1 Å². The molecule has 0 bridgehead atoms. The number of sulfonamides is 1. The predicted octanol–water partition coefficient (Wildman–Crippen LogP) is 4.01. The molecule has 0 aliphatic rings. The lowest BCUT2D eigenvalue weighted by Crippen LogP contribution is -2.21. The number of benzene rings is 2. The number of nitrogens with zero attached hydrogens (tertiary/aromatic N) is 2. The van der Waals surface area contributed by atoms with Crippen LogP contribution in [-0.4, -0.2) is 32.4 Å². The van der Waals surface area contributed by atoms with E-state index in [1.54, 1.807) is 0 Å². The highest BCUT2D eigenvalue weighted by Crippen LogP contribution is 2.37. The van der Waals surface area contributed by atoms with Gasteiger partial charge in [-0.15, -0.1) is 0 Å². The van der Waals surface area contributed by atoms with Gasteiger partial charge in [-0.2, -0.15) is 9.78 Å². The molecular weight excluding hydrogens is 477 g/mol. The van der Waals surface area contributed by atoms with Crippen molar-refractivity contribution in [2.24, 2.45) is 0 Å². The number of nitrogens with one attached hydrogen (secondary N) is 1. The predicted molar refractivity (Wildman–Crippen MR) is 115 cm³/mol. The van der Waals surface area contributed by atoms with Crippen LogP contribution in [0, 0.1) is 0 Å². The van der Waals surface area contributed by atoms with Gasteiger partial charge in [-0.05, 0) is 24.3 Å². The molecule has 0 radical (unpaired) electrons. The van der Waals surface area contributed by atoms with Crippen molar-refractivity contribution in [2.45, 2.75) is 4.90 Å². The molecule has 30 heavy (non-hydrogen) atoms. The first kappa shape index (κ1) is 22.2. The third kappa shape index (κ3) is 4.34. The van der Waals surface area contributed by atoms with Crippen molar-refractivity contribution in [3.05, 3.63) is 68.0 Å². The second-order valence-corrected chi connectivity index (χ2v) is 8.68.